The van der Waals surface area contributed by atoms with Crippen LogP contribution in [-0.2, 0) is 11.2 Å². The van der Waals surface area contributed by atoms with E-state index in [4.69, 9.17) is 5.11 Å². The molecule has 5 nitrogen and oxygen atoms in total. The lowest BCUT2D eigenvalue weighted by Gasteiger charge is -2.18. The fourth-order valence-corrected chi connectivity index (χ4v) is 3.17. The smallest absolute Gasteiger partial charge is 0.394 e. The van der Waals surface area contributed by atoms with Gasteiger partial charge in [-0.2, -0.15) is 24.9 Å². The molecule has 2 atom stereocenters. The van der Waals surface area contributed by atoms with Gasteiger partial charge in [0.25, 0.3) is 0 Å². The van der Waals surface area contributed by atoms with E-state index in [0.717, 1.165) is 22.6 Å². The molecule has 0 saturated carbocycles. The highest BCUT2D eigenvalue weighted by atomic mass is 32.2. The molecular weight excluding hydrogens is 357 g/mol. The Balaban J connectivity index is 2.00. The van der Waals surface area contributed by atoms with Crippen LogP contribution in [0.5, 0.6) is 0 Å². The topological polar surface area (TPSA) is 69.6 Å². The van der Waals surface area contributed by atoms with Crippen molar-refractivity contribution in [1.82, 2.24) is 4.90 Å². The van der Waals surface area contributed by atoms with Crippen molar-refractivity contribution in [2.45, 2.75) is 12.6 Å². The average Bonchev–Trinajstić information content (AvgIpc) is 3.00. The van der Waals surface area contributed by atoms with Crippen LogP contribution in [0.3, 0.4) is 0 Å². The number of carbonyl (C=O) groups is 2. The van der Waals surface area contributed by atoms with Crippen LogP contribution >= 0.6 is 11.8 Å². The summed E-state index contributed by atoms with van der Waals surface area (Å²) < 4.78 is 38.9. The highest BCUT2D eigenvalue weighted by molar-refractivity contribution is 7.98. The van der Waals surface area contributed by atoms with Gasteiger partial charge in [-0.05, 0) is 36.1 Å². The van der Waals surface area contributed by atoms with E-state index in [9.17, 15) is 22.8 Å². The summed E-state index contributed by atoms with van der Waals surface area (Å²) in [6.07, 6.45) is -1.77. The SMILES string of the molecule is CSCCc1ccc(NC(=O)N2C[C@@H](C(F)(F)F)[C@H](C(=O)O)C2)cc1. The Kier molecular flexibility index (Phi) is 6.21. The monoisotopic (exact) mass is 376 g/mol. The van der Waals surface area contributed by atoms with Gasteiger partial charge in [-0.1, -0.05) is 12.1 Å². The summed E-state index contributed by atoms with van der Waals surface area (Å²) in [5.41, 5.74) is 1.55. The minimum absolute atomic E-state index is 0.459. The number of aryl methyl sites for hydroxylation is 1. The van der Waals surface area contributed by atoms with Crippen LogP contribution in [0, 0.1) is 11.8 Å². The second-order valence-electron chi connectivity index (χ2n) is 5.87. The Bertz CT molecular complexity index is 622. The largest absolute Gasteiger partial charge is 0.481 e. The first-order chi connectivity index (χ1) is 11.7. The van der Waals surface area contributed by atoms with Gasteiger partial charge in [0.05, 0.1) is 11.8 Å². The predicted molar refractivity (Wildman–Crippen MR) is 89.8 cm³/mol. The van der Waals surface area contributed by atoms with E-state index in [1.807, 2.05) is 18.4 Å². The van der Waals surface area contributed by atoms with Crippen molar-refractivity contribution >= 4 is 29.4 Å². The Morgan fingerprint density at radius 3 is 2.40 bits per heavy atom. The highest BCUT2D eigenvalue weighted by Gasteiger charge is 2.53. The lowest BCUT2D eigenvalue weighted by atomic mass is 9.96. The van der Waals surface area contributed by atoms with Gasteiger partial charge < -0.3 is 15.3 Å². The number of carboxylic acids is 1. The van der Waals surface area contributed by atoms with Crippen LogP contribution in [-0.4, -0.2) is 53.3 Å². The maximum atomic E-state index is 13.0. The number of anilines is 1. The Labute approximate surface area is 147 Å². The molecule has 9 heteroatoms. The first kappa shape index (κ1) is 19.4. The number of nitrogens with one attached hydrogen (secondary N) is 1. The summed E-state index contributed by atoms with van der Waals surface area (Å²) in [6.45, 7) is -1.12. The summed E-state index contributed by atoms with van der Waals surface area (Å²) >= 11 is 1.72. The van der Waals surface area contributed by atoms with E-state index >= 15 is 0 Å². The number of carbonyl (C=O) groups excluding carboxylic acids is 1. The zero-order chi connectivity index (χ0) is 18.6. The molecule has 0 bridgehead atoms. The lowest BCUT2D eigenvalue weighted by molar-refractivity contribution is -0.187. The van der Waals surface area contributed by atoms with Gasteiger partial charge >= 0.3 is 18.2 Å². The number of halogens is 3. The number of nitrogens with zero attached hydrogens (tertiary/aromatic N) is 1. The molecule has 2 rings (SSSR count). The number of carboxylic acid groups (broad SMARTS) is 1. The van der Waals surface area contributed by atoms with Crippen LogP contribution < -0.4 is 5.32 Å². The van der Waals surface area contributed by atoms with Gasteiger partial charge in [-0.3, -0.25) is 4.79 Å². The van der Waals surface area contributed by atoms with E-state index in [1.54, 1.807) is 23.9 Å². The number of thioether (sulfide) groups is 1. The molecule has 0 spiro atoms. The summed E-state index contributed by atoms with van der Waals surface area (Å²) in [7, 11) is 0. The zero-order valence-electron chi connectivity index (χ0n) is 13.5. The van der Waals surface area contributed by atoms with Crippen molar-refractivity contribution in [3.63, 3.8) is 0 Å². The van der Waals surface area contributed by atoms with E-state index in [0.29, 0.717) is 5.69 Å². The molecule has 2 N–H and O–H groups in total. The number of benzene rings is 1. The summed E-state index contributed by atoms with van der Waals surface area (Å²) in [5, 5.41) is 11.5. The van der Waals surface area contributed by atoms with Crippen LogP contribution in [0.15, 0.2) is 24.3 Å². The fraction of sp³-hybridized carbons (Fsp3) is 0.500. The molecule has 1 aliphatic heterocycles. The zero-order valence-corrected chi connectivity index (χ0v) is 14.4. The van der Waals surface area contributed by atoms with Crippen molar-refractivity contribution in [2.24, 2.45) is 11.8 Å². The molecule has 1 heterocycles. The fourth-order valence-electron chi connectivity index (χ4n) is 2.73. The number of amides is 2. The third-order valence-electron chi connectivity index (χ3n) is 4.14. The van der Waals surface area contributed by atoms with Gasteiger partial charge in [-0.15, -0.1) is 0 Å². The van der Waals surface area contributed by atoms with Gasteiger partial charge in [0, 0.05) is 18.8 Å². The molecule has 138 valence electrons. The molecule has 1 fully saturated rings. The molecule has 0 unspecified atom stereocenters. The number of likely N-dealkylation sites (tertiary alicyclic amines) is 1. The molecule has 0 aliphatic carbocycles. The van der Waals surface area contributed by atoms with Gasteiger partial charge in [0.1, 0.15) is 0 Å². The third kappa shape index (κ3) is 5.04. The van der Waals surface area contributed by atoms with Gasteiger partial charge in [-0.25, -0.2) is 4.79 Å². The Morgan fingerprint density at radius 1 is 1.28 bits per heavy atom. The van der Waals surface area contributed by atoms with Crippen LogP contribution in [0.4, 0.5) is 23.7 Å². The normalized spacial score (nSPS) is 20.6. The van der Waals surface area contributed by atoms with Crippen LogP contribution in [0.2, 0.25) is 0 Å². The van der Waals surface area contributed by atoms with Crippen molar-refractivity contribution < 1.29 is 27.9 Å². The molecule has 1 aromatic carbocycles. The Hall–Kier alpha value is -1.90. The predicted octanol–water partition coefficient (Wildman–Crippen LogP) is 3.32. The maximum absolute atomic E-state index is 13.0. The first-order valence-corrected chi connectivity index (χ1v) is 9.05. The van der Waals surface area contributed by atoms with Crippen molar-refractivity contribution in [2.75, 3.05) is 30.4 Å². The maximum Gasteiger partial charge on any atom is 0.394 e. The molecular formula is C16H19F3N2O3S. The summed E-state index contributed by atoms with van der Waals surface area (Å²) in [4.78, 5) is 24.1. The molecule has 0 radical (unpaired) electrons. The standard InChI is InChI=1S/C16H19F3N2O3S/c1-25-7-6-10-2-4-11(5-3-10)20-15(24)21-8-12(14(22)23)13(9-21)16(17,18)19/h2-5,12-13H,6-9H2,1H3,(H,20,24)(H,22,23)/t12-,13-/m1/s1. The minimum atomic E-state index is -4.66. The first-order valence-electron chi connectivity index (χ1n) is 7.65. The molecule has 25 heavy (non-hydrogen) atoms. The summed E-state index contributed by atoms with van der Waals surface area (Å²) in [6, 6.07) is 6.32. The number of aliphatic carboxylic acids is 1. The van der Waals surface area contributed by atoms with Crippen molar-refractivity contribution in [3.8, 4) is 0 Å². The van der Waals surface area contributed by atoms with Gasteiger partial charge in [0.15, 0.2) is 0 Å². The van der Waals surface area contributed by atoms with E-state index < -0.39 is 43.1 Å². The number of hydrogen-bond donors (Lipinski definition) is 2. The third-order valence-corrected chi connectivity index (χ3v) is 4.76. The second-order valence-corrected chi connectivity index (χ2v) is 6.85. The highest BCUT2D eigenvalue weighted by Crippen LogP contribution is 2.37. The van der Waals surface area contributed by atoms with Crippen molar-refractivity contribution in [3.05, 3.63) is 29.8 Å². The lowest BCUT2D eigenvalue weighted by Crippen LogP contribution is -2.35. The average molecular weight is 376 g/mol. The second kappa shape index (κ2) is 7.99. The van der Waals surface area contributed by atoms with Crippen molar-refractivity contribution in [1.29, 1.82) is 0 Å². The molecule has 1 saturated heterocycles. The van der Waals surface area contributed by atoms with E-state index in [1.165, 1.54) is 0 Å². The molecule has 0 aromatic heterocycles. The summed E-state index contributed by atoms with van der Waals surface area (Å²) in [5.74, 6) is -4.27. The van der Waals surface area contributed by atoms with Crippen LogP contribution in [0.25, 0.3) is 0 Å². The number of urea groups is 1. The minimum Gasteiger partial charge on any atom is -0.481 e. The quantitative estimate of drug-likeness (QED) is 0.827. The van der Waals surface area contributed by atoms with E-state index in [2.05, 4.69) is 5.32 Å². The molecule has 1 aromatic rings. The molecule has 1 aliphatic rings. The van der Waals surface area contributed by atoms with E-state index in [-0.39, 0.29) is 0 Å². The molecule has 2 amide bonds. The Morgan fingerprint density at radius 2 is 1.92 bits per heavy atom. The van der Waals surface area contributed by atoms with Gasteiger partial charge in [0.2, 0.25) is 0 Å². The number of alkyl halides is 3. The number of rotatable bonds is 5. The van der Waals surface area contributed by atoms with Crippen LogP contribution in [0.1, 0.15) is 5.56 Å². The number of hydrogen-bond acceptors (Lipinski definition) is 3.